The van der Waals surface area contributed by atoms with Crippen LogP contribution in [0.5, 0.6) is 0 Å². The molecule has 1 aromatic heterocycles. The van der Waals surface area contributed by atoms with Gasteiger partial charge in [0.25, 0.3) is 0 Å². The molecule has 0 amide bonds. The summed E-state index contributed by atoms with van der Waals surface area (Å²) in [5, 5.41) is 2.32. The Bertz CT molecular complexity index is 2480. The van der Waals surface area contributed by atoms with Crippen molar-refractivity contribution in [3.05, 3.63) is 180 Å². The lowest BCUT2D eigenvalue weighted by atomic mass is 9.78. The van der Waals surface area contributed by atoms with Crippen molar-refractivity contribution >= 4 is 56.1 Å². The van der Waals surface area contributed by atoms with Crippen molar-refractivity contribution in [3.8, 4) is 11.1 Å². The van der Waals surface area contributed by atoms with E-state index in [0.717, 1.165) is 53.2 Å². The Morgan fingerprint density at radius 1 is 0.340 bits per heavy atom. The first-order valence-corrected chi connectivity index (χ1v) is 19.3. The number of benzene rings is 7. The van der Waals surface area contributed by atoms with E-state index in [2.05, 4.69) is 155 Å². The first-order chi connectivity index (χ1) is 26.3. The van der Waals surface area contributed by atoms with Crippen LogP contribution >= 0.6 is 0 Å². The van der Waals surface area contributed by atoms with Gasteiger partial charge in [-0.2, -0.15) is 0 Å². The molecule has 2 aliphatic carbocycles. The summed E-state index contributed by atoms with van der Waals surface area (Å²) in [5.41, 5.74) is 18.0. The minimum Gasteiger partial charge on any atom is -0.456 e. The lowest BCUT2D eigenvalue weighted by Crippen LogP contribution is -2.25. The number of furan rings is 1. The predicted molar refractivity (Wildman–Crippen MR) is 222 cm³/mol. The van der Waals surface area contributed by atoms with Gasteiger partial charge in [-0.25, -0.2) is 0 Å². The van der Waals surface area contributed by atoms with Crippen LogP contribution in [0.3, 0.4) is 0 Å². The number of para-hydroxylation sites is 4. The van der Waals surface area contributed by atoms with Crippen LogP contribution in [0.15, 0.2) is 162 Å². The van der Waals surface area contributed by atoms with Crippen molar-refractivity contribution in [2.45, 2.75) is 51.4 Å². The van der Waals surface area contributed by atoms with Crippen molar-refractivity contribution in [2.75, 3.05) is 9.80 Å². The molecule has 53 heavy (non-hydrogen) atoms. The van der Waals surface area contributed by atoms with Gasteiger partial charge in [-0.05, 0) is 151 Å². The summed E-state index contributed by atoms with van der Waals surface area (Å²) in [6.07, 6.45) is 9.19. The molecule has 0 bridgehead atoms. The minimum absolute atomic E-state index is 0.928. The third kappa shape index (κ3) is 5.59. The first-order valence-electron chi connectivity index (χ1n) is 19.3. The predicted octanol–water partition coefficient (Wildman–Crippen LogP) is 14.0. The van der Waals surface area contributed by atoms with Crippen molar-refractivity contribution in [2.24, 2.45) is 0 Å². The molecule has 0 N–H and O–H groups in total. The monoisotopic (exact) mass is 686 g/mol. The average Bonchev–Trinajstić information content (AvgIpc) is 3.61. The van der Waals surface area contributed by atoms with E-state index < -0.39 is 0 Å². The maximum absolute atomic E-state index is 6.27. The summed E-state index contributed by atoms with van der Waals surface area (Å²) in [6.45, 7) is 0. The van der Waals surface area contributed by atoms with Gasteiger partial charge in [0.15, 0.2) is 0 Å². The van der Waals surface area contributed by atoms with Gasteiger partial charge in [-0.3, -0.25) is 0 Å². The van der Waals surface area contributed by atoms with E-state index in [0.29, 0.717) is 0 Å². The van der Waals surface area contributed by atoms with Crippen molar-refractivity contribution in [3.63, 3.8) is 0 Å². The molecule has 3 heteroatoms. The summed E-state index contributed by atoms with van der Waals surface area (Å²) < 4.78 is 6.27. The maximum atomic E-state index is 6.27. The normalized spacial score (nSPS) is 13.8. The highest BCUT2D eigenvalue weighted by Gasteiger charge is 2.33. The Kier molecular flexibility index (Phi) is 8.06. The molecular formula is C50H42N2O. The molecule has 1 heterocycles. The van der Waals surface area contributed by atoms with Crippen LogP contribution in [-0.4, -0.2) is 0 Å². The zero-order chi connectivity index (χ0) is 35.1. The Morgan fingerprint density at radius 2 is 0.736 bits per heavy atom. The zero-order valence-corrected chi connectivity index (χ0v) is 30.0. The van der Waals surface area contributed by atoms with E-state index in [9.17, 15) is 0 Å². The zero-order valence-electron chi connectivity index (χ0n) is 30.0. The average molecular weight is 687 g/mol. The molecule has 2 aliphatic rings. The summed E-state index contributed by atoms with van der Waals surface area (Å²) >= 11 is 0. The SMILES string of the molecule is c1ccc(N(c2ccccc2)c2c3c(c(N(c4ccccc4)c4ccc(-c5ccc6c(c5)oc5ccccc56)cc4)c4c2CCCC4)CCCC3)cc1. The van der Waals surface area contributed by atoms with Crippen LogP contribution in [0, 0.1) is 0 Å². The number of nitrogens with zero attached hydrogens (tertiary/aromatic N) is 2. The highest BCUT2D eigenvalue weighted by Crippen LogP contribution is 2.52. The number of hydrogen-bond acceptors (Lipinski definition) is 3. The van der Waals surface area contributed by atoms with E-state index >= 15 is 0 Å². The molecule has 0 aliphatic heterocycles. The van der Waals surface area contributed by atoms with Gasteiger partial charge in [0, 0.05) is 33.5 Å². The fraction of sp³-hybridized carbons (Fsp3) is 0.160. The van der Waals surface area contributed by atoms with Gasteiger partial charge in [-0.15, -0.1) is 0 Å². The molecular weight excluding hydrogens is 645 g/mol. The first kappa shape index (κ1) is 31.7. The second-order valence-corrected chi connectivity index (χ2v) is 14.6. The van der Waals surface area contributed by atoms with Crippen molar-refractivity contribution in [1.29, 1.82) is 0 Å². The Labute approximate surface area is 311 Å². The van der Waals surface area contributed by atoms with Crippen LogP contribution in [0.4, 0.5) is 34.1 Å². The third-order valence-electron chi connectivity index (χ3n) is 11.4. The number of fused-ring (bicyclic) bond motifs is 5. The van der Waals surface area contributed by atoms with E-state index in [-0.39, 0.29) is 0 Å². The highest BCUT2D eigenvalue weighted by atomic mass is 16.3. The van der Waals surface area contributed by atoms with Gasteiger partial charge in [0.2, 0.25) is 0 Å². The molecule has 0 spiro atoms. The van der Waals surface area contributed by atoms with E-state index in [1.165, 1.54) is 87.6 Å². The number of rotatable bonds is 7. The summed E-state index contributed by atoms with van der Waals surface area (Å²) in [4.78, 5) is 5.15. The van der Waals surface area contributed by atoms with Gasteiger partial charge in [0.1, 0.15) is 11.2 Å². The molecule has 7 aromatic carbocycles. The molecule has 8 aromatic rings. The molecule has 0 saturated heterocycles. The Balaban J connectivity index is 1.15. The van der Waals surface area contributed by atoms with Gasteiger partial charge >= 0.3 is 0 Å². The van der Waals surface area contributed by atoms with E-state index in [1.807, 2.05) is 12.1 Å². The largest absolute Gasteiger partial charge is 0.456 e. The summed E-state index contributed by atoms with van der Waals surface area (Å²) in [7, 11) is 0. The summed E-state index contributed by atoms with van der Waals surface area (Å²) in [5.74, 6) is 0. The van der Waals surface area contributed by atoms with Crippen LogP contribution in [0.2, 0.25) is 0 Å². The number of anilines is 6. The molecule has 10 rings (SSSR count). The van der Waals surface area contributed by atoms with Gasteiger partial charge in [-0.1, -0.05) is 91.0 Å². The molecule has 0 radical (unpaired) electrons. The fourth-order valence-electron chi connectivity index (χ4n) is 9.01. The van der Waals surface area contributed by atoms with Crippen molar-refractivity contribution in [1.82, 2.24) is 0 Å². The second kappa shape index (κ2) is 13.5. The Morgan fingerprint density at radius 3 is 1.23 bits per heavy atom. The molecule has 0 saturated carbocycles. The van der Waals surface area contributed by atoms with Gasteiger partial charge < -0.3 is 14.2 Å². The molecule has 0 fully saturated rings. The quantitative estimate of drug-likeness (QED) is 0.156. The van der Waals surface area contributed by atoms with Crippen molar-refractivity contribution < 1.29 is 4.42 Å². The number of hydrogen-bond donors (Lipinski definition) is 0. The minimum atomic E-state index is 0.928. The molecule has 3 nitrogen and oxygen atoms in total. The molecule has 0 unspecified atom stereocenters. The van der Waals surface area contributed by atoms with Crippen LogP contribution in [0.25, 0.3) is 33.1 Å². The lowest BCUT2D eigenvalue weighted by Gasteiger charge is -2.40. The summed E-state index contributed by atoms with van der Waals surface area (Å²) in [6, 6.07) is 57.2. The van der Waals surface area contributed by atoms with Crippen LogP contribution in [0.1, 0.15) is 47.9 Å². The standard InChI is InChI=1S/C50H42N2O/c1-4-16-37(17-5-1)51(38-18-6-2-7-19-38)49-43-23-10-12-25-45(43)50(46-26-13-11-24-44(46)49)52(39-20-8-3-9-21-39)40-31-28-35(29-32-40)36-30-33-42-41-22-14-15-27-47(41)53-48(42)34-36/h1-9,14-22,27-34H,10-13,23-26H2. The fourth-order valence-corrected chi connectivity index (χ4v) is 9.01. The lowest BCUT2D eigenvalue weighted by molar-refractivity contribution is 0.659. The smallest absolute Gasteiger partial charge is 0.136 e. The van der Waals surface area contributed by atoms with E-state index in [4.69, 9.17) is 4.42 Å². The van der Waals surface area contributed by atoms with E-state index in [1.54, 1.807) is 0 Å². The molecule has 258 valence electrons. The topological polar surface area (TPSA) is 19.6 Å². The Hall–Kier alpha value is -6.06. The second-order valence-electron chi connectivity index (χ2n) is 14.6. The maximum Gasteiger partial charge on any atom is 0.136 e. The highest BCUT2D eigenvalue weighted by molar-refractivity contribution is 6.06. The van der Waals surface area contributed by atoms with Crippen LogP contribution < -0.4 is 9.80 Å². The third-order valence-corrected chi connectivity index (χ3v) is 11.4. The van der Waals surface area contributed by atoms with Gasteiger partial charge in [0.05, 0.1) is 11.4 Å². The molecule has 0 atom stereocenters. The van der Waals surface area contributed by atoms with Crippen LogP contribution in [-0.2, 0) is 25.7 Å².